The summed E-state index contributed by atoms with van der Waals surface area (Å²) in [6, 6.07) is 8.68. The number of methoxy groups -OCH3 is 1. The smallest absolute Gasteiger partial charge is 0.237 e. The third-order valence-corrected chi connectivity index (χ3v) is 6.53. The van der Waals surface area contributed by atoms with Crippen LogP contribution in [0, 0.1) is 0 Å². The van der Waals surface area contributed by atoms with Gasteiger partial charge in [-0.1, -0.05) is 30.7 Å². The Morgan fingerprint density at radius 2 is 2.10 bits per heavy atom. The molecule has 2 aliphatic heterocycles. The monoisotopic (exact) mass is 436 g/mol. The van der Waals surface area contributed by atoms with Crippen molar-refractivity contribution < 1.29 is 9.53 Å². The molecule has 0 unspecified atom stereocenters. The van der Waals surface area contributed by atoms with Crippen LogP contribution >= 0.6 is 11.6 Å². The van der Waals surface area contributed by atoms with Crippen LogP contribution in [0.1, 0.15) is 38.2 Å². The van der Waals surface area contributed by atoms with Crippen LogP contribution in [0.2, 0.25) is 5.02 Å². The molecule has 3 rings (SSSR count). The third-order valence-electron chi connectivity index (χ3n) is 6.30. The molecule has 6 nitrogen and oxygen atoms in total. The van der Waals surface area contributed by atoms with Crippen LogP contribution in [0.25, 0.3) is 0 Å². The highest BCUT2D eigenvalue weighted by Crippen LogP contribution is 2.27. The van der Waals surface area contributed by atoms with E-state index in [9.17, 15) is 4.79 Å². The van der Waals surface area contributed by atoms with Gasteiger partial charge < -0.3 is 20.3 Å². The molecule has 2 N–H and O–H groups in total. The normalized spacial score (nSPS) is 23.7. The molecule has 0 bridgehead atoms. The first-order valence-corrected chi connectivity index (χ1v) is 11.7. The molecular formula is C23H37ClN4O2. The zero-order valence-electron chi connectivity index (χ0n) is 18.4. The number of carbonyl (C=O) groups is 1. The fourth-order valence-corrected chi connectivity index (χ4v) is 4.98. The van der Waals surface area contributed by atoms with E-state index in [0.717, 1.165) is 50.5 Å². The second kappa shape index (κ2) is 12.0. The lowest BCUT2D eigenvalue weighted by Gasteiger charge is -2.39. The Labute approximate surface area is 186 Å². The quantitative estimate of drug-likeness (QED) is 0.552. The van der Waals surface area contributed by atoms with Crippen molar-refractivity contribution in [2.45, 2.75) is 57.3 Å². The zero-order valence-corrected chi connectivity index (χ0v) is 19.2. The maximum Gasteiger partial charge on any atom is 0.237 e. The summed E-state index contributed by atoms with van der Waals surface area (Å²) in [6.45, 7) is 8.48. The summed E-state index contributed by atoms with van der Waals surface area (Å²) in [5.41, 5.74) is 1.18. The fraction of sp³-hybridized carbons (Fsp3) is 0.696. The number of benzene rings is 1. The number of amides is 1. The fourth-order valence-electron chi connectivity index (χ4n) is 4.76. The molecule has 2 heterocycles. The van der Waals surface area contributed by atoms with Crippen molar-refractivity contribution in [3.8, 4) is 0 Å². The minimum Gasteiger partial charge on any atom is -0.383 e. The maximum absolute atomic E-state index is 12.9. The first kappa shape index (κ1) is 23.5. The second-order valence-corrected chi connectivity index (χ2v) is 8.95. The Morgan fingerprint density at radius 3 is 2.80 bits per heavy atom. The van der Waals surface area contributed by atoms with Gasteiger partial charge in [0.2, 0.25) is 5.91 Å². The molecule has 0 radical (unpaired) electrons. The Balaban J connectivity index is 1.59. The van der Waals surface area contributed by atoms with E-state index < -0.39 is 0 Å². The minimum absolute atomic E-state index is 0.0681. The number of rotatable bonds is 10. The highest BCUT2D eigenvalue weighted by molar-refractivity contribution is 6.30. The van der Waals surface area contributed by atoms with Crippen LogP contribution in [0.4, 0.5) is 0 Å². The van der Waals surface area contributed by atoms with Gasteiger partial charge in [0, 0.05) is 43.9 Å². The number of ether oxygens (including phenoxy) is 1. The van der Waals surface area contributed by atoms with E-state index in [1.807, 2.05) is 18.2 Å². The molecule has 1 amide bonds. The van der Waals surface area contributed by atoms with E-state index in [1.54, 1.807) is 7.11 Å². The second-order valence-electron chi connectivity index (χ2n) is 8.51. The van der Waals surface area contributed by atoms with Crippen LogP contribution in [-0.2, 0) is 16.1 Å². The number of hydrogen-bond acceptors (Lipinski definition) is 5. The van der Waals surface area contributed by atoms with E-state index in [4.69, 9.17) is 16.3 Å². The van der Waals surface area contributed by atoms with Crippen LogP contribution in [-0.4, -0.2) is 80.3 Å². The summed E-state index contributed by atoms with van der Waals surface area (Å²) < 4.78 is 5.09. The molecule has 2 atom stereocenters. The van der Waals surface area contributed by atoms with Crippen molar-refractivity contribution in [2.75, 3.05) is 46.4 Å². The van der Waals surface area contributed by atoms with Gasteiger partial charge in [0.15, 0.2) is 0 Å². The lowest BCUT2D eigenvalue weighted by molar-refractivity contribution is -0.126. The van der Waals surface area contributed by atoms with Crippen molar-refractivity contribution >= 4 is 17.5 Å². The molecule has 2 fully saturated rings. The van der Waals surface area contributed by atoms with Gasteiger partial charge in [0.25, 0.3) is 0 Å². The third kappa shape index (κ3) is 6.66. The van der Waals surface area contributed by atoms with E-state index in [2.05, 4.69) is 33.4 Å². The molecule has 0 aliphatic carbocycles. The number of halogens is 1. The Hall–Kier alpha value is -1.18. The zero-order chi connectivity index (χ0) is 21.3. The summed E-state index contributed by atoms with van der Waals surface area (Å²) in [7, 11) is 1.66. The van der Waals surface area contributed by atoms with Gasteiger partial charge in [-0.3, -0.25) is 9.69 Å². The predicted molar refractivity (Wildman–Crippen MR) is 122 cm³/mol. The molecule has 1 aromatic rings. The summed E-state index contributed by atoms with van der Waals surface area (Å²) in [5, 5.41) is 7.48. The molecule has 2 aliphatic rings. The molecule has 30 heavy (non-hydrogen) atoms. The van der Waals surface area contributed by atoms with Crippen molar-refractivity contribution in [3.05, 3.63) is 34.9 Å². The van der Waals surface area contributed by atoms with Gasteiger partial charge in [-0.25, -0.2) is 0 Å². The number of carbonyl (C=O) groups excluding carboxylic acids is 1. The highest BCUT2D eigenvalue weighted by Gasteiger charge is 2.40. The topological polar surface area (TPSA) is 56.8 Å². The molecule has 168 valence electrons. The first-order chi connectivity index (χ1) is 14.6. The number of hydrogen-bond donors (Lipinski definition) is 2. The van der Waals surface area contributed by atoms with Crippen LogP contribution in [0.15, 0.2) is 24.3 Å². The van der Waals surface area contributed by atoms with E-state index in [-0.39, 0.29) is 11.9 Å². The van der Waals surface area contributed by atoms with Crippen molar-refractivity contribution in [3.63, 3.8) is 0 Å². The van der Waals surface area contributed by atoms with Crippen LogP contribution in [0.5, 0.6) is 0 Å². The lowest BCUT2D eigenvalue weighted by atomic mass is 10.0. The molecule has 0 saturated carbocycles. The average molecular weight is 437 g/mol. The standard InChI is InChI=1S/C23H37ClN4O2/c1-3-10-27-11-7-21(8-12-27)28-17-20(15-22(28)23(29)25-9-13-30-2)26-16-18-5-4-6-19(24)14-18/h4-6,14,20-22,26H,3,7-13,15-17H2,1-2H3,(H,25,29)/t20-,22+/m1/s1. The summed E-state index contributed by atoms with van der Waals surface area (Å²) in [4.78, 5) is 18.0. The van der Waals surface area contributed by atoms with Crippen molar-refractivity contribution in [1.29, 1.82) is 0 Å². The van der Waals surface area contributed by atoms with Crippen LogP contribution in [0.3, 0.4) is 0 Å². The minimum atomic E-state index is -0.0681. The number of likely N-dealkylation sites (tertiary alicyclic amines) is 2. The molecular weight excluding hydrogens is 400 g/mol. The largest absolute Gasteiger partial charge is 0.383 e. The van der Waals surface area contributed by atoms with Gasteiger partial charge in [0.1, 0.15) is 0 Å². The molecule has 2 saturated heterocycles. The van der Waals surface area contributed by atoms with Gasteiger partial charge in [-0.05, 0) is 63.0 Å². The Kier molecular flexibility index (Phi) is 9.40. The SMILES string of the molecule is CCCN1CCC(N2C[C@H](NCc3cccc(Cl)c3)C[C@H]2C(=O)NCCOC)CC1. The molecule has 0 aromatic heterocycles. The van der Waals surface area contributed by atoms with E-state index >= 15 is 0 Å². The predicted octanol–water partition coefficient (Wildman–Crippen LogP) is 2.51. The van der Waals surface area contributed by atoms with Crippen molar-refractivity contribution in [2.24, 2.45) is 0 Å². The summed E-state index contributed by atoms with van der Waals surface area (Å²) in [5.74, 6) is 0.134. The molecule has 0 spiro atoms. The number of nitrogens with one attached hydrogen (secondary N) is 2. The number of piperidine rings is 1. The highest BCUT2D eigenvalue weighted by atomic mass is 35.5. The van der Waals surface area contributed by atoms with E-state index in [0.29, 0.717) is 25.2 Å². The Morgan fingerprint density at radius 1 is 1.30 bits per heavy atom. The number of nitrogens with zero attached hydrogens (tertiary/aromatic N) is 2. The van der Waals surface area contributed by atoms with E-state index in [1.165, 1.54) is 18.5 Å². The van der Waals surface area contributed by atoms with Crippen LogP contribution < -0.4 is 10.6 Å². The first-order valence-electron chi connectivity index (χ1n) is 11.3. The maximum atomic E-state index is 12.9. The van der Waals surface area contributed by atoms with Gasteiger partial charge >= 0.3 is 0 Å². The lowest BCUT2D eigenvalue weighted by Crippen LogP contribution is -2.51. The van der Waals surface area contributed by atoms with Gasteiger partial charge in [-0.15, -0.1) is 0 Å². The summed E-state index contributed by atoms with van der Waals surface area (Å²) in [6.07, 6.45) is 4.33. The summed E-state index contributed by atoms with van der Waals surface area (Å²) >= 11 is 6.12. The van der Waals surface area contributed by atoms with Gasteiger partial charge in [0.05, 0.1) is 12.6 Å². The Bertz CT molecular complexity index is 666. The molecule has 7 heteroatoms. The molecule has 1 aromatic carbocycles. The van der Waals surface area contributed by atoms with Crippen molar-refractivity contribution in [1.82, 2.24) is 20.4 Å². The average Bonchev–Trinajstić information content (AvgIpc) is 3.18. The van der Waals surface area contributed by atoms with Gasteiger partial charge in [-0.2, -0.15) is 0 Å².